The average Bonchev–Trinajstić information content (AvgIpc) is 3.59. The van der Waals surface area contributed by atoms with E-state index in [2.05, 4.69) is 0 Å². The number of carbonyl (C=O) groups is 2. The molecule has 2 fully saturated rings. The molecule has 0 unspecified atom stereocenters. The summed E-state index contributed by atoms with van der Waals surface area (Å²) < 4.78 is 59.5. The molecule has 1 aromatic heterocycles. The highest BCUT2D eigenvalue weighted by atomic mass is 19.4. The molecule has 4 rings (SSSR count). The van der Waals surface area contributed by atoms with Gasteiger partial charge in [-0.15, -0.1) is 0 Å². The van der Waals surface area contributed by atoms with E-state index in [-0.39, 0.29) is 42.3 Å². The molecule has 1 aromatic carbocycles. The van der Waals surface area contributed by atoms with Crippen LogP contribution in [0.5, 0.6) is 0 Å². The van der Waals surface area contributed by atoms with Crippen LogP contribution in [0.3, 0.4) is 0 Å². The predicted molar refractivity (Wildman–Crippen MR) is 117 cm³/mol. The number of aryl methyl sites for hydroxylation is 1. The fourth-order valence-corrected chi connectivity index (χ4v) is 4.70. The number of ether oxygens (including phenoxy) is 1. The molecule has 1 aliphatic heterocycles. The standard InChI is InChI=1S/C23H25F4N3O4/c1-4-22(9-28-21(33)23(25,26)27)10-29(11-22)18-12(2)17-14(7-16(18)24)19(31)15(20(32)34-3)8-30(17)13-5-6-13/h7-8,13H,4-6,9-11H2,1-3H3,(H,28,33). The van der Waals surface area contributed by atoms with Gasteiger partial charge in [0.2, 0.25) is 5.43 Å². The van der Waals surface area contributed by atoms with E-state index in [1.807, 2.05) is 9.88 Å². The summed E-state index contributed by atoms with van der Waals surface area (Å²) in [6, 6.07) is 1.19. The molecule has 184 valence electrons. The molecule has 7 nitrogen and oxygen atoms in total. The quantitative estimate of drug-likeness (QED) is 0.503. The molecule has 0 atom stereocenters. The van der Waals surface area contributed by atoms with Gasteiger partial charge in [0.05, 0.1) is 18.3 Å². The van der Waals surface area contributed by atoms with Crippen molar-refractivity contribution in [3.63, 3.8) is 0 Å². The van der Waals surface area contributed by atoms with Gasteiger partial charge in [0.15, 0.2) is 0 Å². The van der Waals surface area contributed by atoms with Gasteiger partial charge in [-0.3, -0.25) is 9.59 Å². The highest BCUT2D eigenvalue weighted by Gasteiger charge is 2.46. The highest BCUT2D eigenvalue weighted by Crippen LogP contribution is 2.43. The van der Waals surface area contributed by atoms with Crippen LogP contribution in [-0.4, -0.2) is 49.4 Å². The molecule has 11 heteroatoms. The second-order valence-corrected chi connectivity index (χ2v) is 9.12. The number of halogens is 4. The SMILES string of the molecule is CCC1(CNC(=O)C(F)(F)F)CN(c2c(F)cc3c(=O)c(C(=O)OC)cn(C4CC4)c3c2C)C1. The number of pyridine rings is 1. The first kappa shape index (κ1) is 24.0. The van der Waals surface area contributed by atoms with Gasteiger partial charge in [0.1, 0.15) is 11.4 Å². The summed E-state index contributed by atoms with van der Waals surface area (Å²) in [5.74, 6) is -3.45. The summed E-state index contributed by atoms with van der Waals surface area (Å²) in [7, 11) is 1.17. The second kappa shape index (κ2) is 8.28. The van der Waals surface area contributed by atoms with Gasteiger partial charge in [-0.1, -0.05) is 6.92 Å². The minimum atomic E-state index is -4.96. The van der Waals surface area contributed by atoms with E-state index < -0.39 is 34.7 Å². The third-order valence-electron chi connectivity index (χ3n) is 6.82. The first-order valence-corrected chi connectivity index (χ1v) is 11.0. The molecule has 1 saturated carbocycles. The van der Waals surface area contributed by atoms with Crippen LogP contribution >= 0.6 is 0 Å². The van der Waals surface area contributed by atoms with Crippen molar-refractivity contribution in [2.45, 2.75) is 45.3 Å². The number of esters is 1. The zero-order valence-corrected chi connectivity index (χ0v) is 19.0. The summed E-state index contributed by atoms with van der Waals surface area (Å²) in [4.78, 5) is 38.0. The third-order valence-corrected chi connectivity index (χ3v) is 6.82. The average molecular weight is 483 g/mol. The Morgan fingerprint density at radius 3 is 2.44 bits per heavy atom. The Balaban J connectivity index is 1.70. The van der Waals surface area contributed by atoms with Gasteiger partial charge < -0.3 is 19.5 Å². The molecule has 1 amide bonds. The first-order valence-electron chi connectivity index (χ1n) is 11.0. The molecule has 1 saturated heterocycles. The van der Waals surface area contributed by atoms with Gasteiger partial charge >= 0.3 is 18.1 Å². The lowest BCUT2D eigenvalue weighted by Crippen LogP contribution is -2.62. The number of carbonyl (C=O) groups excluding carboxylic acids is 2. The molecule has 0 radical (unpaired) electrons. The van der Waals surface area contributed by atoms with Crippen molar-refractivity contribution in [3.8, 4) is 0 Å². The Bertz CT molecular complexity index is 1230. The van der Waals surface area contributed by atoms with Crippen LogP contribution in [0.1, 0.15) is 48.1 Å². The number of benzene rings is 1. The van der Waals surface area contributed by atoms with Crippen molar-refractivity contribution in [2.75, 3.05) is 31.6 Å². The number of hydrogen-bond acceptors (Lipinski definition) is 5. The van der Waals surface area contributed by atoms with Crippen molar-refractivity contribution >= 4 is 28.5 Å². The van der Waals surface area contributed by atoms with E-state index >= 15 is 4.39 Å². The number of methoxy groups -OCH3 is 1. The van der Waals surface area contributed by atoms with Crippen LogP contribution in [0.25, 0.3) is 10.9 Å². The fourth-order valence-electron chi connectivity index (χ4n) is 4.70. The highest BCUT2D eigenvalue weighted by molar-refractivity contribution is 5.96. The third kappa shape index (κ3) is 4.01. The molecule has 1 N–H and O–H groups in total. The maximum Gasteiger partial charge on any atom is 0.471 e. The van der Waals surface area contributed by atoms with E-state index in [9.17, 15) is 27.6 Å². The topological polar surface area (TPSA) is 80.6 Å². The Morgan fingerprint density at radius 1 is 1.26 bits per heavy atom. The number of nitrogens with one attached hydrogen (secondary N) is 1. The maximum absolute atomic E-state index is 15.3. The minimum Gasteiger partial charge on any atom is -0.465 e. The van der Waals surface area contributed by atoms with E-state index in [1.54, 1.807) is 18.7 Å². The van der Waals surface area contributed by atoms with Gasteiger partial charge in [0.25, 0.3) is 0 Å². The lowest BCUT2D eigenvalue weighted by Gasteiger charge is -2.52. The number of fused-ring (bicyclic) bond motifs is 1. The Hall–Kier alpha value is -3.11. The van der Waals surface area contributed by atoms with Crippen LogP contribution in [0, 0.1) is 18.2 Å². The van der Waals surface area contributed by atoms with Crippen molar-refractivity contribution < 1.29 is 31.9 Å². The number of alkyl halides is 3. The zero-order valence-electron chi connectivity index (χ0n) is 19.0. The van der Waals surface area contributed by atoms with Gasteiger partial charge in [-0.25, -0.2) is 9.18 Å². The summed E-state index contributed by atoms with van der Waals surface area (Å²) in [6.45, 7) is 3.81. The Kier molecular flexibility index (Phi) is 5.85. The molecule has 34 heavy (non-hydrogen) atoms. The molecule has 0 spiro atoms. The molecule has 2 aliphatic rings. The lowest BCUT2D eigenvalue weighted by atomic mass is 9.76. The molecule has 0 bridgehead atoms. The molecule has 1 aliphatic carbocycles. The van der Waals surface area contributed by atoms with Gasteiger partial charge in [-0.2, -0.15) is 13.2 Å². The number of hydrogen-bond donors (Lipinski definition) is 1. The van der Waals surface area contributed by atoms with Crippen molar-refractivity contribution in [1.82, 2.24) is 9.88 Å². The van der Waals surface area contributed by atoms with E-state index in [0.717, 1.165) is 18.9 Å². The van der Waals surface area contributed by atoms with Gasteiger partial charge in [-0.05, 0) is 37.8 Å². The Labute approximate surface area is 192 Å². The summed E-state index contributed by atoms with van der Waals surface area (Å²) >= 11 is 0. The number of amides is 1. The minimum absolute atomic E-state index is 0.0761. The lowest BCUT2D eigenvalue weighted by molar-refractivity contribution is -0.174. The predicted octanol–water partition coefficient (Wildman–Crippen LogP) is 3.47. The summed E-state index contributed by atoms with van der Waals surface area (Å²) in [5, 5.41) is 2.01. The monoisotopic (exact) mass is 483 g/mol. The van der Waals surface area contributed by atoms with Gasteiger partial charge in [0, 0.05) is 42.7 Å². The van der Waals surface area contributed by atoms with Crippen LogP contribution < -0.4 is 15.6 Å². The number of nitrogens with zero attached hydrogens (tertiary/aromatic N) is 2. The van der Waals surface area contributed by atoms with Crippen molar-refractivity contribution in [1.29, 1.82) is 0 Å². The van der Waals surface area contributed by atoms with E-state index in [4.69, 9.17) is 4.74 Å². The van der Waals surface area contributed by atoms with E-state index in [1.165, 1.54) is 13.3 Å². The summed E-state index contributed by atoms with van der Waals surface area (Å²) in [6.07, 6.45) is -1.30. The number of rotatable bonds is 6. The van der Waals surface area contributed by atoms with Crippen LogP contribution in [0.15, 0.2) is 17.1 Å². The second-order valence-electron chi connectivity index (χ2n) is 9.12. The maximum atomic E-state index is 15.3. The van der Waals surface area contributed by atoms with Crippen LogP contribution in [-0.2, 0) is 9.53 Å². The van der Waals surface area contributed by atoms with Crippen molar-refractivity contribution in [2.24, 2.45) is 5.41 Å². The molecule has 2 aromatic rings. The first-order chi connectivity index (χ1) is 15.9. The number of aromatic nitrogens is 1. The largest absolute Gasteiger partial charge is 0.471 e. The van der Waals surface area contributed by atoms with Crippen molar-refractivity contribution in [3.05, 3.63) is 39.4 Å². The molecular weight excluding hydrogens is 458 g/mol. The van der Waals surface area contributed by atoms with Crippen LogP contribution in [0.4, 0.5) is 23.2 Å². The number of anilines is 1. The fraction of sp³-hybridized carbons (Fsp3) is 0.522. The van der Waals surface area contributed by atoms with Crippen LogP contribution in [0.2, 0.25) is 0 Å². The van der Waals surface area contributed by atoms with E-state index in [0.29, 0.717) is 17.5 Å². The summed E-state index contributed by atoms with van der Waals surface area (Å²) in [5.41, 5.74) is -0.107. The Morgan fingerprint density at radius 2 is 1.91 bits per heavy atom. The smallest absolute Gasteiger partial charge is 0.465 e. The normalized spacial score (nSPS) is 17.4. The molecular formula is C23H25F4N3O4. The zero-order chi connectivity index (χ0) is 25.0. The molecule has 2 heterocycles.